The van der Waals surface area contributed by atoms with Gasteiger partial charge in [-0.3, -0.25) is 0 Å². The number of nitrogens with one attached hydrogen (secondary N) is 1. The molecule has 0 saturated heterocycles. The van der Waals surface area contributed by atoms with Gasteiger partial charge in [-0.1, -0.05) is 36.4 Å². The molecule has 2 aromatic heterocycles. The maximum absolute atomic E-state index is 15.0. The SMILES string of the molecule is Fc1ccccc1[C@H]1C2=C(Nc3ncnn31)c1ccccc1O[C@H]2c1cccs1. The number of halogens is 1. The van der Waals surface area contributed by atoms with E-state index in [2.05, 4.69) is 15.4 Å². The fourth-order valence-corrected chi connectivity index (χ4v) is 4.86. The van der Waals surface area contributed by atoms with Gasteiger partial charge in [-0.05, 0) is 29.6 Å². The van der Waals surface area contributed by atoms with Crippen molar-refractivity contribution in [1.82, 2.24) is 14.8 Å². The van der Waals surface area contributed by atoms with E-state index in [1.54, 1.807) is 28.2 Å². The van der Waals surface area contributed by atoms with Crippen molar-refractivity contribution in [2.45, 2.75) is 12.1 Å². The smallest absolute Gasteiger partial charge is 0.226 e. The van der Waals surface area contributed by atoms with Crippen molar-refractivity contribution in [2.24, 2.45) is 0 Å². The van der Waals surface area contributed by atoms with Gasteiger partial charge in [0, 0.05) is 21.6 Å². The predicted octanol–water partition coefficient (Wildman–Crippen LogP) is 5.04. The summed E-state index contributed by atoms with van der Waals surface area (Å²) in [6, 6.07) is 18.3. The molecule has 4 aromatic rings. The predicted molar refractivity (Wildman–Crippen MR) is 109 cm³/mol. The van der Waals surface area contributed by atoms with Crippen LogP contribution in [-0.4, -0.2) is 14.8 Å². The summed E-state index contributed by atoms with van der Waals surface area (Å²) >= 11 is 1.62. The molecule has 0 bridgehead atoms. The molecule has 0 spiro atoms. The van der Waals surface area contributed by atoms with Crippen LogP contribution in [0, 0.1) is 5.82 Å². The van der Waals surface area contributed by atoms with Crippen LogP contribution in [0.1, 0.15) is 28.1 Å². The number of hydrogen-bond acceptors (Lipinski definition) is 5. The van der Waals surface area contributed by atoms with Gasteiger partial charge in [0.25, 0.3) is 0 Å². The molecule has 0 radical (unpaired) electrons. The first-order valence-electron chi connectivity index (χ1n) is 9.26. The van der Waals surface area contributed by atoms with Crippen molar-refractivity contribution < 1.29 is 9.13 Å². The Morgan fingerprint density at radius 3 is 2.76 bits per heavy atom. The van der Waals surface area contributed by atoms with E-state index in [1.165, 1.54) is 12.4 Å². The minimum Gasteiger partial charge on any atom is -0.480 e. The molecular formula is C22H15FN4OS. The largest absolute Gasteiger partial charge is 0.480 e. The standard InChI is InChI=1S/C22H15FN4OS/c23-15-8-3-1-6-13(15)20-18-19(26-22-24-12-25-27(20)22)14-7-2-4-9-16(14)28-21(18)17-10-5-11-29-17/h1-12,20-21H,(H,24,25,26)/t20-,21-/m0/s1. The number of para-hydroxylation sites is 1. The molecule has 0 saturated carbocycles. The van der Waals surface area contributed by atoms with Crippen LogP contribution in [0.4, 0.5) is 10.3 Å². The first-order chi connectivity index (χ1) is 14.3. The van der Waals surface area contributed by atoms with Crippen molar-refractivity contribution in [1.29, 1.82) is 0 Å². The minimum atomic E-state index is -0.467. The first-order valence-corrected chi connectivity index (χ1v) is 10.1. The number of anilines is 1. The molecule has 142 valence electrons. The van der Waals surface area contributed by atoms with Crippen LogP contribution < -0.4 is 10.1 Å². The molecule has 2 aromatic carbocycles. The molecule has 0 unspecified atom stereocenters. The highest BCUT2D eigenvalue weighted by Crippen LogP contribution is 2.51. The molecule has 2 aliphatic heterocycles. The highest BCUT2D eigenvalue weighted by molar-refractivity contribution is 7.10. The fraction of sp³-hybridized carbons (Fsp3) is 0.0909. The zero-order chi connectivity index (χ0) is 19.4. The quantitative estimate of drug-likeness (QED) is 0.510. The number of nitrogens with zero attached hydrogens (tertiary/aromatic N) is 3. The highest BCUT2D eigenvalue weighted by atomic mass is 32.1. The Balaban J connectivity index is 1.66. The molecule has 6 rings (SSSR count). The Morgan fingerprint density at radius 1 is 1.03 bits per heavy atom. The monoisotopic (exact) mass is 402 g/mol. The van der Waals surface area contributed by atoms with Crippen molar-refractivity contribution >= 4 is 23.0 Å². The van der Waals surface area contributed by atoms with Crippen molar-refractivity contribution in [2.75, 3.05) is 5.32 Å². The third kappa shape index (κ3) is 2.44. The minimum absolute atomic E-state index is 0.281. The van der Waals surface area contributed by atoms with E-state index in [0.29, 0.717) is 11.5 Å². The van der Waals surface area contributed by atoms with Crippen LogP contribution in [0.15, 0.2) is 77.9 Å². The molecule has 7 heteroatoms. The van der Waals surface area contributed by atoms with Gasteiger partial charge >= 0.3 is 0 Å². The van der Waals surface area contributed by atoms with Gasteiger partial charge in [0.15, 0.2) is 6.10 Å². The van der Waals surface area contributed by atoms with Crippen LogP contribution >= 0.6 is 11.3 Å². The number of hydrogen-bond donors (Lipinski definition) is 1. The van der Waals surface area contributed by atoms with Crippen LogP contribution in [0.3, 0.4) is 0 Å². The van der Waals surface area contributed by atoms with Crippen molar-refractivity contribution in [3.63, 3.8) is 0 Å². The molecule has 4 heterocycles. The van der Waals surface area contributed by atoms with E-state index in [-0.39, 0.29) is 11.9 Å². The Labute approximate surface area is 170 Å². The van der Waals surface area contributed by atoms with Gasteiger partial charge < -0.3 is 10.1 Å². The van der Waals surface area contributed by atoms with E-state index >= 15 is 0 Å². The maximum atomic E-state index is 15.0. The third-order valence-corrected chi connectivity index (χ3v) is 6.24. The average molecular weight is 402 g/mol. The Kier molecular flexibility index (Phi) is 3.57. The Hall–Kier alpha value is -3.45. The summed E-state index contributed by atoms with van der Waals surface area (Å²) in [5, 5.41) is 9.85. The number of fused-ring (bicyclic) bond motifs is 3. The van der Waals surface area contributed by atoms with Gasteiger partial charge in [-0.25, -0.2) is 9.07 Å². The van der Waals surface area contributed by atoms with Gasteiger partial charge in [0.05, 0.1) is 5.70 Å². The van der Waals surface area contributed by atoms with Gasteiger partial charge in [-0.2, -0.15) is 10.1 Å². The lowest BCUT2D eigenvalue weighted by Gasteiger charge is -2.38. The summed E-state index contributed by atoms with van der Waals surface area (Å²) in [4.78, 5) is 5.41. The van der Waals surface area contributed by atoms with Gasteiger partial charge in [0.1, 0.15) is 23.9 Å². The molecule has 0 fully saturated rings. The number of benzene rings is 2. The third-order valence-electron chi connectivity index (χ3n) is 5.32. The number of ether oxygens (including phenoxy) is 1. The molecule has 2 atom stereocenters. The van der Waals surface area contributed by atoms with Gasteiger partial charge in [-0.15, -0.1) is 11.3 Å². The summed E-state index contributed by atoms with van der Waals surface area (Å²) < 4.78 is 23.1. The van der Waals surface area contributed by atoms with Crippen LogP contribution in [0.25, 0.3) is 5.70 Å². The summed E-state index contributed by atoms with van der Waals surface area (Å²) in [6.07, 6.45) is 1.14. The van der Waals surface area contributed by atoms with Crippen molar-refractivity contribution in [3.05, 3.63) is 99.8 Å². The number of aromatic nitrogens is 3. The molecule has 1 N–H and O–H groups in total. The highest BCUT2D eigenvalue weighted by Gasteiger charge is 2.41. The summed E-state index contributed by atoms with van der Waals surface area (Å²) in [5.74, 6) is 1.09. The fourth-order valence-electron chi connectivity index (χ4n) is 4.09. The van der Waals surface area contributed by atoms with E-state index in [9.17, 15) is 4.39 Å². The Morgan fingerprint density at radius 2 is 1.90 bits per heavy atom. The van der Waals surface area contributed by atoms with E-state index in [1.807, 2.05) is 47.8 Å². The zero-order valence-electron chi connectivity index (χ0n) is 15.1. The second-order valence-corrected chi connectivity index (χ2v) is 7.90. The maximum Gasteiger partial charge on any atom is 0.226 e. The second-order valence-electron chi connectivity index (χ2n) is 6.92. The second kappa shape index (κ2) is 6.28. The Bertz CT molecular complexity index is 1250. The summed E-state index contributed by atoms with van der Waals surface area (Å²) in [6.45, 7) is 0. The molecule has 29 heavy (non-hydrogen) atoms. The molecule has 0 amide bonds. The molecule has 0 aliphatic carbocycles. The lowest BCUT2D eigenvalue weighted by Crippen LogP contribution is -2.32. The summed E-state index contributed by atoms with van der Waals surface area (Å²) in [5.41, 5.74) is 3.30. The number of thiophene rings is 1. The lowest BCUT2D eigenvalue weighted by atomic mass is 9.86. The van der Waals surface area contributed by atoms with Crippen LogP contribution in [0.2, 0.25) is 0 Å². The van der Waals surface area contributed by atoms with E-state index < -0.39 is 6.04 Å². The van der Waals surface area contributed by atoms with Crippen molar-refractivity contribution in [3.8, 4) is 5.75 Å². The number of rotatable bonds is 2. The average Bonchev–Trinajstić information content (AvgIpc) is 3.44. The van der Waals surface area contributed by atoms with E-state index in [0.717, 1.165) is 27.5 Å². The van der Waals surface area contributed by atoms with Gasteiger partial charge in [0.2, 0.25) is 5.95 Å². The summed E-state index contributed by atoms with van der Waals surface area (Å²) in [7, 11) is 0. The normalized spacial score (nSPS) is 19.6. The molecule has 5 nitrogen and oxygen atoms in total. The first kappa shape index (κ1) is 16.5. The molecular weight excluding hydrogens is 387 g/mol. The van der Waals surface area contributed by atoms with Crippen LogP contribution in [-0.2, 0) is 0 Å². The topological polar surface area (TPSA) is 52.0 Å². The lowest BCUT2D eigenvalue weighted by molar-refractivity contribution is 0.226. The zero-order valence-corrected chi connectivity index (χ0v) is 15.9. The van der Waals surface area contributed by atoms with E-state index in [4.69, 9.17) is 4.74 Å². The van der Waals surface area contributed by atoms with Crippen LogP contribution in [0.5, 0.6) is 5.75 Å². The molecule has 2 aliphatic rings.